The van der Waals surface area contributed by atoms with Crippen LogP contribution >= 0.6 is 0 Å². The largest absolute Gasteiger partial charge is 0.480 e. The molecule has 1 aliphatic heterocycles. The molecule has 0 saturated carbocycles. The Balaban J connectivity index is 1.73. The predicted octanol–water partition coefficient (Wildman–Crippen LogP) is 0.0997. The van der Waals surface area contributed by atoms with Gasteiger partial charge in [-0.2, -0.15) is 0 Å². The van der Waals surface area contributed by atoms with Crippen LogP contribution < -0.4 is 10.2 Å². The first-order chi connectivity index (χ1) is 11.5. The van der Waals surface area contributed by atoms with Crippen molar-refractivity contribution in [1.82, 2.24) is 15.2 Å². The van der Waals surface area contributed by atoms with Gasteiger partial charge in [-0.3, -0.25) is 14.4 Å². The van der Waals surface area contributed by atoms with E-state index >= 15 is 0 Å². The van der Waals surface area contributed by atoms with Crippen molar-refractivity contribution in [2.45, 2.75) is 25.8 Å². The molecule has 0 aromatic carbocycles. The van der Waals surface area contributed by atoms with Crippen LogP contribution in [0.3, 0.4) is 0 Å². The molecule has 1 aromatic heterocycles. The van der Waals surface area contributed by atoms with Gasteiger partial charge in [-0.15, -0.1) is 0 Å². The van der Waals surface area contributed by atoms with Gasteiger partial charge in [0, 0.05) is 45.2 Å². The van der Waals surface area contributed by atoms with Gasteiger partial charge >= 0.3 is 5.97 Å². The number of amides is 2. The Bertz CT molecular complexity index is 585. The van der Waals surface area contributed by atoms with Crippen molar-refractivity contribution in [3.8, 4) is 0 Å². The second kappa shape index (κ2) is 8.28. The smallest absolute Gasteiger partial charge is 0.325 e. The average molecular weight is 334 g/mol. The second-order valence-corrected chi connectivity index (χ2v) is 5.68. The number of piperazine rings is 1. The van der Waals surface area contributed by atoms with E-state index in [1.54, 1.807) is 11.1 Å². The number of pyridine rings is 1. The van der Waals surface area contributed by atoms with E-state index in [4.69, 9.17) is 5.11 Å². The number of anilines is 1. The van der Waals surface area contributed by atoms with Crippen molar-refractivity contribution in [3.05, 3.63) is 24.4 Å². The monoisotopic (exact) mass is 334 g/mol. The molecule has 24 heavy (non-hydrogen) atoms. The first-order valence-electron chi connectivity index (χ1n) is 7.93. The zero-order chi connectivity index (χ0) is 17.5. The third-order valence-corrected chi connectivity index (χ3v) is 3.92. The normalized spacial score (nSPS) is 15.7. The minimum absolute atomic E-state index is 0.00307. The van der Waals surface area contributed by atoms with Crippen LogP contribution in [-0.2, 0) is 14.4 Å². The van der Waals surface area contributed by atoms with E-state index < -0.39 is 17.9 Å². The summed E-state index contributed by atoms with van der Waals surface area (Å²) < 4.78 is 0. The second-order valence-electron chi connectivity index (χ2n) is 5.68. The molecule has 2 N–H and O–H groups in total. The van der Waals surface area contributed by atoms with Crippen LogP contribution in [0.1, 0.15) is 19.8 Å². The number of carboxylic acids is 1. The van der Waals surface area contributed by atoms with E-state index in [-0.39, 0.29) is 18.7 Å². The third-order valence-electron chi connectivity index (χ3n) is 3.92. The fourth-order valence-corrected chi connectivity index (χ4v) is 2.48. The van der Waals surface area contributed by atoms with E-state index in [1.807, 2.05) is 18.2 Å². The maximum absolute atomic E-state index is 12.2. The molecule has 2 rings (SSSR count). The fraction of sp³-hybridized carbons (Fsp3) is 0.500. The van der Waals surface area contributed by atoms with Gasteiger partial charge in [0.25, 0.3) is 0 Å². The van der Waals surface area contributed by atoms with Crippen molar-refractivity contribution >= 4 is 23.6 Å². The molecule has 2 amide bonds. The Labute approximate surface area is 140 Å². The van der Waals surface area contributed by atoms with Gasteiger partial charge in [0.1, 0.15) is 11.9 Å². The summed E-state index contributed by atoms with van der Waals surface area (Å²) in [4.78, 5) is 42.6. The quantitative estimate of drug-likeness (QED) is 0.765. The molecule has 1 unspecified atom stereocenters. The van der Waals surface area contributed by atoms with Gasteiger partial charge in [0.15, 0.2) is 0 Å². The van der Waals surface area contributed by atoms with E-state index in [0.29, 0.717) is 26.2 Å². The Morgan fingerprint density at radius 1 is 1.21 bits per heavy atom. The van der Waals surface area contributed by atoms with Gasteiger partial charge in [0.2, 0.25) is 11.8 Å². The van der Waals surface area contributed by atoms with Crippen LogP contribution in [0.25, 0.3) is 0 Å². The maximum atomic E-state index is 12.2. The number of hydrogen-bond donors (Lipinski definition) is 2. The highest BCUT2D eigenvalue weighted by atomic mass is 16.4. The third kappa shape index (κ3) is 4.94. The Morgan fingerprint density at radius 2 is 1.92 bits per heavy atom. The van der Waals surface area contributed by atoms with Crippen LogP contribution in [0.2, 0.25) is 0 Å². The predicted molar refractivity (Wildman–Crippen MR) is 87.5 cm³/mol. The summed E-state index contributed by atoms with van der Waals surface area (Å²) in [6.07, 6.45) is 1.82. The number of carbonyl (C=O) groups excluding carboxylic acids is 2. The van der Waals surface area contributed by atoms with Gasteiger partial charge < -0.3 is 20.2 Å². The minimum Gasteiger partial charge on any atom is -0.480 e. The van der Waals surface area contributed by atoms with E-state index in [0.717, 1.165) is 5.82 Å². The summed E-state index contributed by atoms with van der Waals surface area (Å²) in [7, 11) is 0. The van der Waals surface area contributed by atoms with Crippen molar-refractivity contribution in [2.75, 3.05) is 31.1 Å². The Kier molecular flexibility index (Phi) is 6.11. The SMILES string of the molecule is CC(NC(=O)CCC(=O)N1CCN(c2ccccn2)CC1)C(=O)O. The molecule has 2 heterocycles. The van der Waals surface area contributed by atoms with E-state index in [9.17, 15) is 14.4 Å². The lowest BCUT2D eigenvalue weighted by Crippen LogP contribution is -2.49. The molecule has 1 aliphatic rings. The number of nitrogens with one attached hydrogen (secondary N) is 1. The number of carbonyl (C=O) groups is 3. The van der Waals surface area contributed by atoms with Gasteiger partial charge in [-0.05, 0) is 19.1 Å². The van der Waals surface area contributed by atoms with Gasteiger partial charge in [-0.25, -0.2) is 4.98 Å². The van der Waals surface area contributed by atoms with Crippen molar-refractivity contribution in [2.24, 2.45) is 0 Å². The first kappa shape index (κ1) is 17.7. The molecule has 8 heteroatoms. The molecule has 1 aromatic rings. The van der Waals surface area contributed by atoms with E-state index in [2.05, 4.69) is 15.2 Å². The molecule has 1 atom stereocenters. The van der Waals surface area contributed by atoms with Crippen LogP contribution in [0.15, 0.2) is 24.4 Å². The standard InChI is InChI=1S/C16H22N4O4/c1-12(16(23)24)18-14(21)5-6-15(22)20-10-8-19(9-11-20)13-4-2-3-7-17-13/h2-4,7,12H,5-6,8-11H2,1H3,(H,18,21)(H,23,24). The van der Waals surface area contributed by atoms with E-state index in [1.165, 1.54) is 6.92 Å². The lowest BCUT2D eigenvalue weighted by Gasteiger charge is -2.35. The molecule has 0 bridgehead atoms. The van der Waals surface area contributed by atoms with Crippen molar-refractivity contribution in [3.63, 3.8) is 0 Å². The van der Waals surface area contributed by atoms with Crippen LogP contribution in [0.4, 0.5) is 5.82 Å². The van der Waals surface area contributed by atoms with Crippen LogP contribution in [0.5, 0.6) is 0 Å². The molecule has 1 saturated heterocycles. The first-order valence-corrected chi connectivity index (χ1v) is 7.93. The highest BCUT2D eigenvalue weighted by Gasteiger charge is 2.22. The molecule has 130 valence electrons. The van der Waals surface area contributed by atoms with Gasteiger partial charge in [0.05, 0.1) is 0 Å². The van der Waals surface area contributed by atoms with Gasteiger partial charge in [-0.1, -0.05) is 6.07 Å². The molecular formula is C16H22N4O4. The Morgan fingerprint density at radius 3 is 2.50 bits per heavy atom. The zero-order valence-electron chi connectivity index (χ0n) is 13.6. The minimum atomic E-state index is -1.10. The molecule has 0 aliphatic carbocycles. The fourth-order valence-electron chi connectivity index (χ4n) is 2.48. The summed E-state index contributed by atoms with van der Waals surface area (Å²) in [6, 6.07) is 4.77. The van der Waals surface area contributed by atoms with Crippen molar-refractivity contribution in [1.29, 1.82) is 0 Å². The van der Waals surface area contributed by atoms with Crippen LogP contribution in [-0.4, -0.2) is 65.0 Å². The Hall–Kier alpha value is -2.64. The molecule has 0 spiro atoms. The number of carboxylic acid groups (broad SMARTS) is 1. The molecule has 8 nitrogen and oxygen atoms in total. The van der Waals surface area contributed by atoms with Crippen molar-refractivity contribution < 1.29 is 19.5 Å². The summed E-state index contributed by atoms with van der Waals surface area (Å²) >= 11 is 0. The zero-order valence-corrected chi connectivity index (χ0v) is 13.6. The number of hydrogen-bond acceptors (Lipinski definition) is 5. The highest BCUT2D eigenvalue weighted by molar-refractivity contribution is 5.86. The van der Waals surface area contributed by atoms with Crippen LogP contribution in [0, 0.1) is 0 Å². The molecular weight excluding hydrogens is 312 g/mol. The summed E-state index contributed by atoms with van der Waals surface area (Å²) in [5, 5.41) is 11.1. The molecule has 1 fully saturated rings. The summed E-state index contributed by atoms with van der Waals surface area (Å²) in [6.45, 7) is 3.96. The lowest BCUT2D eigenvalue weighted by atomic mass is 10.2. The number of rotatable bonds is 6. The maximum Gasteiger partial charge on any atom is 0.325 e. The number of aliphatic carboxylic acids is 1. The lowest BCUT2D eigenvalue weighted by molar-refractivity contribution is -0.141. The summed E-state index contributed by atoms with van der Waals surface area (Å²) in [5.74, 6) is -0.717. The summed E-state index contributed by atoms with van der Waals surface area (Å²) in [5.41, 5.74) is 0. The number of aromatic nitrogens is 1. The highest BCUT2D eigenvalue weighted by Crippen LogP contribution is 2.13. The average Bonchev–Trinajstić information content (AvgIpc) is 2.60. The number of nitrogens with zero attached hydrogens (tertiary/aromatic N) is 3. The topological polar surface area (TPSA) is 103 Å². The molecule has 0 radical (unpaired) electrons.